The van der Waals surface area contributed by atoms with Crippen molar-refractivity contribution in [3.05, 3.63) is 54.2 Å². The number of nitrogens with zero attached hydrogens (tertiary/aromatic N) is 3. The van der Waals surface area contributed by atoms with Crippen LogP contribution in [0, 0.1) is 0 Å². The van der Waals surface area contributed by atoms with Gasteiger partial charge in [0.25, 0.3) is 0 Å². The van der Waals surface area contributed by atoms with Crippen LogP contribution in [0.15, 0.2) is 48.5 Å². The van der Waals surface area contributed by atoms with Crippen molar-refractivity contribution in [3.8, 4) is 11.3 Å². The number of carbonyl (C=O) groups excluding carboxylic acids is 1. The van der Waals surface area contributed by atoms with E-state index in [2.05, 4.69) is 15.0 Å². The van der Waals surface area contributed by atoms with E-state index < -0.39 is 12.1 Å². The van der Waals surface area contributed by atoms with Gasteiger partial charge >= 0.3 is 12.1 Å². The van der Waals surface area contributed by atoms with Gasteiger partial charge in [0.05, 0.1) is 17.9 Å². The normalized spacial score (nSPS) is 15.6. The molecular formula is C17H14F3N3O2. The van der Waals surface area contributed by atoms with Gasteiger partial charge in [-0.15, -0.1) is 10.2 Å². The summed E-state index contributed by atoms with van der Waals surface area (Å²) in [6.07, 6.45) is -2.91. The number of benzene rings is 1. The lowest BCUT2D eigenvalue weighted by Crippen LogP contribution is -2.37. The third-order valence-electron chi connectivity index (χ3n) is 3.68. The molecule has 0 saturated carbocycles. The number of halogens is 3. The molecule has 1 aromatic heterocycles. The SMILES string of the molecule is O=C(ON1CC=C(c2ccc(-c3ccccc3)nn2)CC1)C(F)(F)F. The molecule has 3 rings (SSSR count). The van der Waals surface area contributed by atoms with Crippen LogP contribution in [0.4, 0.5) is 13.2 Å². The first-order valence-corrected chi connectivity index (χ1v) is 7.56. The van der Waals surface area contributed by atoms with E-state index in [1.807, 2.05) is 42.5 Å². The molecule has 1 aromatic carbocycles. The molecule has 0 spiro atoms. The van der Waals surface area contributed by atoms with Crippen molar-refractivity contribution in [1.29, 1.82) is 0 Å². The van der Waals surface area contributed by atoms with Crippen molar-refractivity contribution >= 4 is 11.5 Å². The van der Waals surface area contributed by atoms with Gasteiger partial charge < -0.3 is 4.84 Å². The standard InChI is InChI=1S/C17H14F3N3O2/c18-17(19,20)16(24)25-23-10-8-13(9-11-23)15-7-6-14(21-22-15)12-4-2-1-3-5-12/h1-8H,9-11H2. The van der Waals surface area contributed by atoms with E-state index in [4.69, 9.17) is 0 Å². The maximum atomic E-state index is 12.2. The molecule has 2 heterocycles. The molecule has 0 saturated heterocycles. The molecule has 130 valence electrons. The number of rotatable bonds is 3. The van der Waals surface area contributed by atoms with Gasteiger partial charge in [0.2, 0.25) is 0 Å². The Bertz CT molecular complexity index is 774. The number of carbonyl (C=O) groups is 1. The fourth-order valence-electron chi connectivity index (χ4n) is 2.40. The fourth-order valence-corrected chi connectivity index (χ4v) is 2.40. The van der Waals surface area contributed by atoms with Crippen molar-refractivity contribution in [3.63, 3.8) is 0 Å². The first-order valence-electron chi connectivity index (χ1n) is 7.56. The Hall–Kier alpha value is -2.74. The van der Waals surface area contributed by atoms with Crippen LogP contribution in [0.5, 0.6) is 0 Å². The smallest absolute Gasteiger partial charge is 0.360 e. The van der Waals surface area contributed by atoms with Crippen LogP contribution in [-0.2, 0) is 9.63 Å². The van der Waals surface area contributed by atoms with Crippen molar-refractivity contribution in [2.24, 2.45) is 0 Å². The molecule has 0 amide bonds. The molecule has 8 heteroatoms. The summed E-state index contributed by atoms with van der Waals surface area (Å²) in [7, 11) is 0. The molecular weight excluding hydrogens is 335 g/mol. The first-order chi connectivity index (χ1) is 11.9. The number of hydrogen-bond acceptors (Lipinski definition) is 5. The van der Waals surface area contributed by atoms with Crippen LogP contribution in [-0.4, -0.2) is 40.5 Å². The summed E-state index contributed by atoms with van der Waals surface area (Å²) >= 11 is 0. The third kappa shape index (κ3) is 4.21. The van der Waals surface area contributed by atoms with Gasteiger partial charge in [-0.3, -0.25) is 0 Å². The Kier molecular flexibility index (Phi) is 4.80. The van der Waals surface area contributed by atoms with E-state index in [-0.39, 0.29) is 13.1 Å². The molecule has 0 bridgehead atoms. The van der Waals surface area contributed by atoms with E-state index in [1.165, 1.54) is 0 Å². The second kappa shape index (κ2) is 7.02. The predicted octanol–water partition coefficient (Wildman–Crippen LogP) is 3.25. The van der Waals surface area contributed by atoms with Crippen LogP contribution >= 0.6 is 0 Å². The Morgan fingerprint density at radius 1 is 1.04 bits per heavy atom. The Morgan fingerprint density at radius 3 is 2.28 bits per heavy atom. The minimum Gasteiger partial charge on any atom is -0.360 e. The molecule has 0 fully saturated rings. The van der Waals surface area contributed by atoms with Gasteiger partial charge in [-0.2, -0.15) is 18.3 Å². The molecule has 0 aliphatic carbocycles. The highest BCUT2D eigenvalue weighted by Crippen LogP contribution is 2.24. The topological polar surface area (TPSA) is 55.3 Å². The zero-order chi connectivity index (χ0) is 17.9. The second-order valence-corrected chi connectivity index (χ2v) is 5.41. The van der Waals surface area contributed by atoms with Gasteiger partial charge in [0.15, 0.2) is 0 Å². The van der Waals surface area contributed by atoms with E-state index in [9.17, 15) is 18.0 Å². The van der Waals surface area contributed by atoms with Crippen LogP contribution in [0.3, 0.4) is 0 Å². The summed E-state index contributed by atoms with van der Waals surface area (Å²) in [4.78, 5) is 15.1. The monoisotopic (exact) mass is 349 g/mol. The summed E-state index contributed by atoms with van der Waals surface area (Å²) in [5.41, 5.74) is 3.19. The predicted molar refractivity (Wildman–Crippen MR) is 83.8 cm³/mol. The summed E-state index contributed by atoms with van der Waals surface area (Å²) < 4.78 is 36.6. The quantitative estimate of drug-likeness (QED) is 0.851. The summed E-state index contributed by atoms with van der Waals surface area (Å²) in [5.74, 6) is -2.21. The van der Waals surface area contributed by atoms with Crippen molar-refractivity contribution < 1.29 is 22.8 Å². The van der Waals surface area contributed by atoms with Gasteiger partial charge in [-0.25, -0.2) is 4.79 Å². The first kappa shape index (κ1) is 17.1. The highest BCUT2D eigenvalue weighted by Gasteiger charge is 2.42. The minimum absolute atomic E-state index is 0.0687. The van der Waals surface area contributed by atoms with Crippen LogP contribution < -0.4 is 0 Å². The molecule has 1 aliphatic heterocycles. The van der Waals surface area contributed by atoms with Crippen molar-refractivity contribution in [1.82, 2.24) is 15.3 Å². The lowest BCUT2D eigenvalue weighted by Gasteiger charge is -2.24. The average Bonchev–Trinajstić information content (AvgIpc) is 2.62. The maximum Gasteiger partial charge on any atom is 0.492 e. The zero-order valence-corrected chi connectivity index (χ0v) is 13.0. The average molecular weight is 349 g/mol. The van der Waals surface area contributed by atoms with Gasteiger partial charge in [0.1, 0.15) is 0 Å². The summed E-state index contributed by atoms with van der Waals surface area (Å²) in [6, 6.07) is 13.2. The third-order valence-corrected chi connectivity index (χ3v) is 3.68. The van der Waals surface area contributed by atoms with Crippen LogP contribution in [0.25, 0.3) is 16.8 Å². The molecule has 1 aliphatic rings. The lowest BCUT2D eigenvalue weighted by atomic mass is 10.0. The van der Waals surface area contributed by atoms with Crippen LogP contribution in [0.1, 0.15) is 12.1 Å². The highest BCUT2D eigenvalue weighted by atomic mass is 19.4. The largest absolute Gasteiger partial charge is 0.492 e. The van der Waals surface area contributed by atoms with Crippen LogP contribution in [0.2, 0.25) is 0 Å². The molecule has 5 nitrogen and oxygen atoms in total. The van der Waals surface area contributed by atoms with E-state index >= 15 is 0 Å². The van der Waals surface area contributed by atoms with Gasteiger partial charge in [0, 0.05) is 12.1 Å². The van der Waals surface area contributed by atoms with E-state index in [0.29, 0.717) is 12.1 Å². The van der Waals surface area contributed by atoms with Crippen molar-refractivity contribution in [2.75, 3.05) is 13.1 Å². The molecule has 0 unspecified atom stereocenters. The lowest BCUT2D eigenvalue weighted by molar-refractivity contribution is -0.237. The Morgan fingerprint density at radius 2 is 1.72 bits per heavy atom. The number of aromatic nitrogens is 2. The molecule has 0 N–H and O–H groups in total. The number of alkyl halides is 3. The Balaban J connectivity index is 1.65. The maximum absolute atomic E-state index is 12.2. The fraction of sp³-hybridized carbons (Fsp3) is 0.235. The summed E-state index contributed by atoms with van der Waals surface area (Å²) in [6.45, 7) is 0.231. The van der Waals surface area contributed by atoms with Gasteiger partial charge in [-0.05, 0) is 24.1 Å². The molecule has 0 radical (unpaired) electrons. The Labute approximate surface area is 141 Å². The zero-order valence-electron chi connectivity index (χ0n) is 13.0. The second-order valence-electron chi connectivity index (χ2n) is 5.41. The van der Waals surface area contributed by atoms with E-state index in [1.54, 1.807) is 6.08 Å². The summed E-state index contributed by atoms with van der Waals surface area (Å²) in [5, 5.41) is 9.34. The molecule has 0 atom stereocenters. The van der Waals surface area contributed by atoms with E-state index in [0.717, 1.165) is 21.9 Å². The highest BCUT2D eigenvalue weighted by molar-refractivity contribution is 5.75. The number of hydroxylamine groups is 2. The minimum atomic E-state index is -5.00. The number of hydrogen-bond donors (Lipinski definition) is 0. The van der Waals surface area contributed by atoms with Gasteiger partial charge in [-0.1, -0.05) is 36.4 Å². The molecule has 25 heavy (non-hydrogen) atoms. The molecule has 2 aromatic rings. The van der Waals surface area contributed by atoms with Crippen molar-refractivity contribution in [2.45, 2.75) is 12.6 Å².